The van der Waals surface area contributed by atoms with E-state index in [1.807, 2.05) is 30.3 Å². The lowest BCUT2D eigenvalue weighted by Gasteiger charge is -2.37. The highest BCUT2D eigenvalue weighted by molar-refractivity contribution is 5.85. The molecule has 1 amide bonds. The average molecular weight is 529 g/mol. The highest BCUT2D eigenvalue weighted by Crippen LogP contribution is 2.26. The van der Waals surface area contributed by atoms with Gasteiger partial charge >= 0.3 is 0 Å². The minimum Gasteiger partial charge on any atom is -0.489 e. The summed E-state index contributed by atoms with van der Waals surface area (Å²) in [6.07, 6.45) is 8.41. The van der Waals surface area contributed by atoms with E-state index in [0.29, 0.717) is 24.9 Å². The van der Waals surface area contributed by atoms with E-state index in [9.17, 15) is 4.79 Å². The number of hydrogen-bond donors (Lipinski definition) is 1. The van der Waals surface area contributed by atoms with Gasteiger partial charge in [-0.2, -0.15) is 0 Å². The molecule has 5 heteroatoms. The normalized spacial score (nSPS) is 15.3. The molecule has 1 atom stereocenters. The smallest absolute Gasteiger partial charge is 0.238 e. The molecule has 4 nitrogen and oxygen atoms in total. The summed E-state index contributed by atoms with van der Waals surface area (Å²) in [4.78, 5) is 16.1. The number of nitrogens with one attached hydrogen (secondary N) is 1. The van der Waals surface area contributed by atoms with Crippen molar-refractivity contribution in [2.24, 2.45) is 11.8 Å². The standard InChI is InChI=1S/C32H48N2O2.ClH/c1-25(2)20-21-34(23-27-12-8-6-9-13-27)30(31(35)33-32(3,4)5)22-26-16-18-29(19-17-26)36-24-28-14-10-7-11-15-28;/h7,10-11,14-19,25,27,30H,6,8-9,12-13,20-24H2,1-5H3,(H,33,35);1H/t30-;/m0./s1. The van der Waals surface area contributed by atoms with E-state index in [0.717, 1.165) is 30.8 Å². The van der Waals surface area contributed by atoms with Crippen molar-refractivity contribution in [1.29, 1.82) is 0 Å². The molecule has 206 valence electrons. The van der Waals surface area contributed by atoms with Gasteiger partial charge in [0, 0.05) is 12.1 Å². The molecule has 0 aliphatic heterocycles. The van der Waals surface area contributed by atoms with Gasteiger partial charge in [0.25, 0.3) is 0 Å². The molecule has 2 aromatic rings. The SMILES string of the molecule is CC(C)CCN(CC1CCCCC1)[C@@H](Cc1ccc(OCc2ccccc2)cc1)C(=O)NC(C)(C)C.Cl. The number of carbonyl (C=O) groups is 1. The van der Waals surface area contributed by atoms with Crippen molar-refractivity contribution in [2.75, 3.05) is 13.1 Å². The zero-order valence-electron chi connectivity index (χ0n) is 23.7. The highest BCUT2D eigenvalue weighted by atomic mass is 35.5. The van der Waals surface area contributed by atoms with Crippen LogP contribution in [0.5, 0.6) is 5.75 Å². The van der Waals surface area contributed by atoms with Gasteiger partial charge in [0.1, 0.15) is 12.4 Å². The van der Waals surface area contributed by atoms with Crippen LogP contribution < -0.4 is 10.1 Å². The summed E-state index contributed by atoms with van der Waals surface area (Å²) in [5.74, 6) is 2.32. The lowest BCUT2D eigenvalue weighted by Crippen LogP contribution is -2.54. The maximum atomic E-state index is 13.6. The zero-order chi connectivity index (χ0) is 26.0. The van der Waals surface area contributed by atoms with Gasteiger partial charge in [0.05, 0.1) is 6.04 Å². The molecule has 0 heterocycles. The maximum Gasteiger partial charge on any atom is 0.238 e. The fourth-order valence-electron chi connectivity index (χ4n) is 5.03. The van der Waals surface area contributed by atoms with Gasteiger partial charge in [-0.1, -0.05) is 75.6 Å². The Morgan fingerprint density at radius 1 is 0.973 bits per heavy atom. The summed E-state index contributed by atoms with van der Waals surface area (Å²) in [6.45, 7) is 13.3. The van der Waals surface area contributed by atoms with Crippen LogP contribution in [0.25, 0.3) is 0 Å². The first-order chi connectivity index (χ1) is 17.2. The molecule has 0 radical (unpaired) electrons. The van der Waals surface area contributed by atoms with E-state index < -0.39 is 0 Å². The maximum absolute atomic E-state index is 13.6. The van der Waals surface area contributed by atoms with Crippen LogP contribution in [0.1, 0.15) is 84.3 Å². The Balaban J connectivity index is 0.00000481. The van der Waals surface area contributed by atoms with Crippen molar-refractivity contribution in [3.8, 4) is 5.75 Å². The number of rotatable bonds is 12. The minimum atomic E-state index is -0.251. The molecule has 1 fully saturated rings. The van der Waals surface area contributed by atoms with Crippen LogP contribution in [0, 0.1) is 11.8 Å². The first-order valence-electron chi connectivity index (χ1n) is 14.0. The van der Waals surface area contributed by atoms with Crippen molar-refractivity contribution in [2.45, 2.75) is 97.8 Å². The third-order valence-corrected chi connectivity index (χ3v) is 7.05. The molecular weight excluding hydrogens is 480 g/mol. The van der Waals surface area contributed by atoms with E-state index in [1.54, 1.807) is 0 Å². The van der Waals surface area contributed by atoms with E-state index in [1.165, 1.54) is 37.7 Å². The summed E-state index contributed by atoms with van der Waals surface area (Å²) < 4.78 is 5.99. The molecular formula is C32H49ClN2O2. The minimum absolute atomic E-state index is 0. The van der Waals surface area contributed by atoms with Gasteiger partial charge in [0.15, 0.2) is 0 Å². The quantitative estimate of drug-likeness (QED) is 0.311. The number of nitrogens with zero attached hydrogens (tertiary/aromatic N) is 1. The third kappa shape index (κ3) is 11.5. The van der Waals surface area contributed by atoms with Gasteiger partial charge in [-0.05, 0) is 88.1 Å². The number of ether oxygens (including phenoxy) is 1. The van der Waals surface area contributed by atoms with Crippen LogP contribution in [-0.2, 0) is 17.8 Å². The van der Waals surface area contributed by atoms with Crippen LogP contribution in [0.3, 0.4) is 0 Å². The fourth-order valence-corrected chi connectivity index (χ4v) is 5.03. The topological polar surface area (TPSA) is 41.6 Å². The zero-order valence-corrected chi connectivity index (χ0v) is 24.5. The van der Waals surface area contributed by atoms with Gasteiger partial charge in [-0.25, -0.2) is 0 Å². The molecule has 0 spiro atoms. The molecule has 1 saturated carbocycles. The van der Waals surface area contributed by atoms with Crippen LogP contribution >= 0.6 is 12.4 Å². The molecule has 1 N–H and O–H groups in total. The Hall–Kier alpha value is -2.04. The summed E-state index contributed by atoms with van der Waals surface area (Å²) in [6, 6.07) is 18.4. The average Bonchev–Trinajstić information content (AvgIpc) is 2.85. The predicted molar refractivity (Wildman–Crippen MR) is 157 cm³/mol. The van der Waals surface area contributed by atoms with E-state index in [2.05, 4.69) is 69.1 Å². The van der Waals surface area contributed by atoms with E-state index >= 15 is 0 Å². The molecule has 2 aromatic carbocycles. The van der Waals surface area contributed by atoms with Crippen LogP contribution in [0.2, 0.25) is 0 Å². The molecule has 1 aliphatic carbocycles. The van der Waals surface area contributed by atoms with Gasteiger partial charge in [0.2, 0.25) is 5.91 Å². The monoisotopic (exact) mass is 528 g/mol. The summed E-state index contributed by atoms with van der Waals surface area (Å²) in [5.41, 5.74) is 2.08. The Labute approximate surface area is 232 Å². The van der Waals surface area contributed by atoms with E-state index in [4.69, 9.17) is 4.74 Å². The Bertz CT molecular complexity index is 903. The van der Waals surface area contributed by atoms with Crippen LogP contribution in [0.15, 0.2) is 54.6 Å². The second kappa shape index (κ2) is 15.4. The Morgan fingerprint density at radius 2 is 1.62 bits per heavy atom. The molecule has 0 saturated heterocycles. The summed E-state index contributed by atoms with van der Waals surface area (Å²) >= 11 is 0. The Kier molecular flexibility index (Phi) is 13.0. The third-order valence-electron chi connectivity index (χ3n) is 7.05. The first kappa shape index (κ1) is 31.2. The first-order valence-corrected chi connectivity index (χ1v) is 14.0. The number of amides is 1. The van der Waals surface area contributed by atoms with Crippen molar-refractivity contribution in [3.05, 3.63) is 65.7 Å². The molecule has 0 bridgehead atoms. The van der Waals surface area contributed by atoms with E-state index in [-0.39, 0.29) is 29.9 Å². The predicted octanol–water partition coefficient (Wildman–Crippen LogP) is 7.44. The number of hydrogen-bond acceptors (Lipinski definition) is 3. The fraction of sp³-hybridized carbons (Fsp3) is 0.594. The second-order valence-electron chi connectivity index (χ2n) is 12.1. The lowest BCUT2D eigenvalue weighted by atomic mass is 9.88. The molecule has 37 heavy (non-hydrogen) atoms. The summed E-state index contributed by atoms with van der Waals surface area (Å²) in [5, 5.41) is 3.29. The van der Waals surface area contributed by atoms with Gasteiger partial charge in [-0.15, -0.1) is 12.4 Å². The van der Waals surface area contributed by atoms with Crippen molar-refractivity contribution in [3.63, 3.8) is 0 Å². The lowest BCUT2D eigenvalue weighted by molar-refractivity contribution is -0.128. The van der Waals surface area contributed by atoms with Crippen molar-refractivity contribution >= 4 is 18.3 Å². The Morgan fingerprint density at radius 3 is 2.22 bits per heavy atom. The summed E-state index contributed by atoms with van der Waals surface area (Å²) in [7, 11) is 0. The van der Waals surface area contributed by atoms with Crippen molar-refractivity contribution in [1.82, 2.24) is 10.2 Å². The molecule has 3 rings (SSSR count). The number of halogens is 1. The highest BCUT2D eigenvalue weighted by Gasteiger charge is 2.30. The number of carbonyl (C=O) groups excluding carboxylic acids is 1. The van der Waals surface area contributed by atoms with Crippen LogP contribution in [0.4, 0.5) is 0 Å². The molecule has 0 unspecified atom stereocenters. The van der Waals surface area contributed by atoms with Gasteiger partial charge < -0.3 is 10.1 Å². The second-order valence-corrected chi connectivity index (χ2v) is 12.1. The molecule has 0 aromatic heterocycles. The number of benzene rings is 2. The largest absolute Gasteiger partial charge is 0.489 e. The van der Waals surface area contributed by atoms with Gasteiger partial charge in [-0.3, -0.25) is 9.69 Å². The van der Waals surface area contributed by atoms with Crippen molar-refractivity contribution < 1.29 is 9.53 Å². The van der Waals surface area contributed by atoms with Crippen LogP contribution in [-0.4, -0.2) is 35.5 Å². The molecule has 1 aliphatic rings.